The highest BCUT2D eigenvalue weighted by molar-refractivity contribution is 6.76. The summed E-state index contributed by atoms with van der Waals surface area (Å²) in [7, 11) is 2.52. The van der Waals surface area contributed by atoms with E-state index in [1.54, 1.807) is 0 Å². The Balaban J connectivity index is 0.000000449. The molecule has 2 unspecified atom stereocenters. The Morgan fingerprint density at radius 3 is 2.00 bits per heavy atom. The van der Waals surface area contributed by atoms with Crippen LogP contribution in [0.4, 0.5) is 0 Å². The molecule has 0 radical (unpaired) electrons. The molecule has 0 saturated carbocycles. The van der Waals surface area contributed by atoms with Crippen molar-refractivity contribution in [2.45, 2.75) is 58.4 Å². The summed E-state index contributed by atoms with van der Waals surface area (Å²) < 4.78 is 5.24. The van der Waals surface area contributed by atoms with Gasteiger partial charge in [0.1, 0.15) is 0 Å². The van der Waals surface area contributed by atoms with Crippen molar-refractivity contribution in [1.29, 1.82) is 0 Å². The molecule has 1 saturated heterocycles. The van der Waals surface area contributed by atoms with Crippen LogP contribution in [0.15, 0.2) is 12.7 Å². The molecule has 0 aromatic carbocycles. The van der Waals surface area contributed by atoms with E-state index in [0.29, 0.717) is 6.10 Å². The van der Waals surface area contributed by atoms with Crippen LogP contribution in [-0.4, -0.2) is 78.6 Å². The molecule has 0 aliphatic carbocycles. The number of ether oxygens (including phenoxy) is 1. The zero-order valence-electron chi connectivity index (χ0n) is 18.0. The lowest BCUT2D eigenvalue weighted by Gasteiger charge is -2.27. The summed E-state index contributed by atoms with van der Waals surface area (Å²) in [6.07, 6.45) is 3.75. The smallest absolute Gasteiger partial charge is 0.0936 e. The first-order valence-corrected chi connectivity index (χ1v) is 16.8. The van der Waals surface area contributed by atoms with Gasteiger partial charge < -0.3 is 9.64 Å². The second kappa shape index (κ2) is 10.9. The third kappa shape index (κ3) is 16.9. The van der Waals surface area contributed by atoms with Crippen LogP contribution in [0.5, 0.6) is 0 Å². The SMILES string of the molecule is C=CCN(CC1CO1)C[Si](C)(C)C.CC(CN(C)C)C[Si](C)(C)C. The lowest BCUT2D eigenvalue weighted by molar-refractivity contribution is 0.290. The van der Waals surface area contributed by atoms with Gasteiger partial charge in [-0.2, -0.15) is 0 Å². The van der Waals surface area contributed by atoms with Crippen LogP contribution in [0.1, 0.15) is 6.92 Å². The molecular weight excluding hydrogens is 328 g/mol. The molecule has 0 amide bonds. The number of epoxide rings is 1. The van der Waals surface area contributed by atoms with E-state index in [4.69, 9.17) is 4.74 Å². The van der Waals surface area contributed by atoms with Gasteiger partial charge in [0.15, 0.2) is 0 Å². The van der Waals surface area contributed by atoms with Crippen LogP contribution < -0.4 is 0 Å². The van der Waals surface area contributed by atoms with Gasteiger partial charge in [0.05, 0.1) is 20.8 Å². The molecule has 1 heterocycles. The molecule has 0 spiro atoms. The van der Waals surface area contributed by atoms with Crippen molar-refractivity contribution in [2.24, 2.45) is 5.92 Å². The molecule has 1 aliphatic heterocycles. The summed E-state index contributed by atoms with van der Waals surface area (Å²) in [5.41, 5.74) is 0. The first kappa shape index (κ1) is 24.1. The minimum atomic E-state index is -0.974. The van der Waals surface area contributed by atoms with Gasteiger partial charge in [-0.05, 0) is 32.7 Å². The van der Waals surface area contributed by atoms with Crippen molar-refractivity contribution in [3.05, 3.63) is 12.7 Å². The van der Waals surface area contributed by atoms with Crippen molar-refractivity contribution in [2.75, 3.05) is 46.5 Å². The molecule has 1 aliphatic rings. The van der Waals surface area contributed by atoms with Crippen LogP contribution in [0.2, 0.25) is 45.3 Å². The van der Waals surface area contributed by atoms with E-state index >= 15 is 0 Å². The Hall–Kier alpha value is 0.0538. The second-order valence-electron chi connectivity index (χ2n) is 10.1. The highest BCUT2D eigenvalue weighted by atomic mass is 28.3. The summed E-state index contributed by atoms with van der Waals surface area (Å²) >= 11 is 0. The highest BCUT2D eigenvalue weighted by Crippen LogP contribution is 2.16. The number of nitrogens with zero attached hydrogens (tertiary/aromatic N) is 2. The van der Waals surface area contributed by atoms with Crippen molar-refractivity contribution >= 4 is 16.1 Å². The maximum absolute atomic E-state index is 5.24. The molecule has 1 rings (SSSR count). The third-order valence-corrected chi connectivity index (χ3v) is 6.90. The Morgan fingerprint density at radius 2 is 1.67 bits per heavy atom. The van der Waals surface area contributed by atoms with Crippen molar-refractivity contribution in [3.63, 3.8) is 0 Å². The monoisotopic (exact) mass is 372 g/mol. The molecule has 0 aromatic rings. The lowest BCUT2D eigenvalue weighted by atomic mass is 10.2. The molecule has 24 heavy (non-hydrogen) atoms. The fourth-order valence-corrected chi connectivity index (χ4v) is 7.07. The fourth-order valence-electron chi connectivity index (χ4n) is 3.25. The van der Waals surface area contributed by atoms with E-state index in [2.05, 4.69) is 76.7 Å². The Morgan fingerprint density at radius 1 is 1.12 bits per heavy atom. The average Bonchev–Trinajstić information content (AvgIpc) is 3.07. The van der Waals surface area contributed by atoms with Gasteiger partial charge >= 0.3 is 0 Å². The summed E-state index contributed by atoms with van der Waals surface area (Å²) in [6.45, 7) is 25.0. The van der Waals surface area contributed by atoms with Gasteiger partial charge in [0.25, 0.3) is 0 Å². The fraction of sp³-hybridized carbons (Fsp3) is 0.895. The van der Waals surface area contributed by atoms with Gasteiger partial charge in [-0.1, -0.05) is 58.3 Å². The number of hydrogen-bond acceptors (Lipinski definition) is 3. The summed E-state index contributed by atoms with van der Waals surface area (Å²) in [6, 6.07) is 1.45. The highest BCUT2D eigenvalue weighted by Gasteiger charge is 2.27. The van der Waals surface area contributed by atoms with Crippen LogP contribution in [0.3, 0.4) is 0 Å². The lowest BCUT2D eigenvalue weighted by Crippen LogP contribution is -2.42. The normalized spacial score (nSPS) is 19.0. The quantitative estimate of drug-likeness (QED) is 0.324. The van der Waals surface area contributed by atoms with Crippen molar-refractivity contribution < 1.29 is 4.74 Å². The first-order chi connectivity index (χ1) is 10.8. The molecular formula is C19H44N2OSi2. The van der Waals surface area contributed by atoms with Gasteiger partial charge in [-0.25, -0.2) is 0 Å². The summed E-state index contributed by atoms with van der Waals surface area (Å²) in [4.78, 5) is 4.75. The predicted octanol–water partition coefficient (Wildman–Crippen LogP) is 4.27. The van der Waals surface area contributed by atoms with Gasteiger partial charge in [-0.15, -0.1) is 6.58 Å². The van der Waals surface area contributed by atoms with Gasteiger partial charge in [0.2, 0.25) is 0 Å². The zero-order valence-corrected chi connectivity index (χ0v) is 20.0. The molecule has 2 atom stereocenters. The van der Waals surface area contributed by atoms with Crippen LogP contribution >= 0.6 is 0 Å². The molecule has 144 valence electrons. The van der Waals surface area contributed by atoms with E-state index < -0.39 is 16.1 Å². The molecule has 0 bridgehead atoms. The maximum Gasteiger partial charge on any atom is 0.0936 e. The first-order valence-electron chi connectivity index (χ1n) is 9.42. The van der Waals surface area contributed by atoms with E-state index in [9.17, 15) is 0 Å². The molecule has 5 heteroatoms. The van der Waals surface area contributed by atoms with Crippen LogP contribution in [-0.2, 0) is 4.74 Å². The number of rotatable bonds is 10. The molecule has 0 aromatic heterocycles. The van der Waals surface area contributed by atoms with E-state index in [1.165, 1.54) is 18.8 Å². The minimum Gasteiger partial charge on any atom is -0.372 e. The largest absolute Gasteiger partial charge is 0.372 e. The van der Waals surface area contributed by atoms with Gasteiger partial charge in [-0.3, -0.25) is 4.90 Å². The van der Waals surface area contributed by atoms with E-state index in [1.807, 2.05) is 6.08 Å². The Labute approximate surface area is 154 Å². The standard InChI is InChI=1S/C10H21NOSi.C9H23NSi/c1-5-6-11(7-10-8-12-10)9-13(2,3)4;1-9(7-10(2)3)8-11(4,5)6/h5,10H,1,6-9H2,2-4H3;9H,7-8H2,1-6H3. The molecule has 0 N–H and O–H groups in total. The van der Waals surface area contributed by atoms with Crippen LogP contribution in [0.25, 0.3) is 0 Å². The minimum absolute atomic E-state index is 0.510. The van der Waals surface area contributed by atoms with E-state index in [-0.39, 0.29) is 0 Å². The summed E-state index contributed by atoms with van der Waals surface area (Å²) in [5, 5.41) is 0. The van der Waals surface area contributed by atoms with E-state index in [0.717, 1.165) is 25.6 Å². The van der Waals surface area contributed by atoms with Gasteiger partial charge in [0, 0.05) is 21.2 Å². The second-order valence-corrected chi connectivity index (χ2v) is 21.1. The predicted molar refractivity (Wildman–Crippen MR) is 116 cm³/mol. The molecule has 1 fully saturated rings. The topological polar surface area (TPSA) is 19.0 Å². The number of hydrogen-bond donors (Lipinski definition) is 0. The average molecular weight is 373 g/mol. The Kier molecular flexibility index (Phi) is 10.9. The van der Waals surface area contributed by atoms with Crippen molar-refractivity contribution in [3.8, 4) is 0 Å². The maximum atomic E-state index is 5.24. The summed E-state index contributed by atoms with van der Waals surface area (Å²) in [5.74, 6) is 0.872. The molecule has 3 nitrogen and oxygen atoms in total. The zero-order chi connectivity index (χ0) is 19.0. The Bertz CT molecular complexity index is 344. The van der Waals surface area contributed by atoms with Crippen molar-refractivity contribution in [1.82, 2.24) is 9.80 Å². The van der Waals surface area contributed by atoms with Crippen LogP contribution in [0, 0.1) is 5.92 Å². The third-order valence-electron chi connectivity index (χ3n) is 3.59.